The van der Waals surface area contributed by atoms with E-state index in [9.17, 15) is 9.18 Å². The van der Waals surface area contributed by atoms with Crippen molar-refractivity contribution in [1.29, 1.82) is 0 Å². The monoisotopic (exact) mass is 469 g/mol. The first-order chi connectivity index (χ1) is 14.4. The minimum atomic E-state index is -0.411. The summed E-state index contributed by atoms with van der Waals surface area (Å²) in [6.45, 7) is 4.07. The lowest BCUT2D eigenvalue weighted by Gasteiger charge is -2.19. The molecule has 2 aromatic heterocycles. The Labute approximate surface area is 182 Å². The van der Waals surface area contributed by atoms with Crippen LogP contribution in [0.25, 0.3) is 0 Å². The van der Waals surface area contributed by atoms with Gasteiger partial charge in [0.2, 0.25) is 0 Å². The van der Waals surface area contributed by atoms with E-state index in [0.717, 1.165) is 21.9 Å². The Morgan fingerprint density at radius 2 is 1.93 bits per heavy atom. The van der Waals surface area contributed by atoms with Gasteiger partial charge in [0.25, 0.3) is 0 Å². The molecule has 0 bridgehead atoms. The highest BCUT2D eigenvalue weighted by Crippen LogP contribution is 2.55. The molecule has 0 unspecified atom stereocenters. The molecule has 1 aliphatic rings. The second-order valence-corrected chi connectivity index (χ2v) is 8.60. The van der Waals surface area contributed by atoms with Gasteiger partial charge in [0, 0.05) is 27.9 Å². The lowest BCUT2D eigenvalue weighted by Crippen LogP contribution is -2.24. The molecule has 2 heterocycles. The van der Waals surface area contributed by atoms with Gasteiger partial charge in [-0.15, -0.1) is 0 Å². The Kier molecular flexibility index (Phi) is 5.64. The molecule has 3 aromatic rings. The van der Waals surface area contributed by atoms with E-state index >= 15 is 0 Å². The molecule has 0 saturated heterocycles. The number of benzene rings is 1. The molecule has 7 heteroatoms. The molecule has 1 aliphatic carbocycles. The number of aryl methyl sites for hydroxylation is 2. The topological polar surface area (TPSA) is 65.0 Å². The second kappa shape index (κ2) is 8.22. The first-order valence-electron chi connectivity index (χ1n) is 9.69. The van der Waals surface area contributed by atoms with Crippen LogP contribution in [0.4, 0.5) is 4.39 Å². The first-order valence-corrected chi connectivity index (χ1v) is 10.5. The second-order valence-electron chi connectivity index (χ2n) is 7.69. The van der Waals surface area contributed by atoms with E-state index in [1.807, 2.05) is 38.1 Å². The normalized spacial score (nSPS) is 20.1. The molecule has 0 radical (unpaired) electrons. The summed E-state index contributed by atoms with van der Waals surface area (Å²) < 4.78 is 20.2. The van der Waals surface area contributed by atoms with Gasteiger partial charge in [-0.3, -0.25) is 9.78 Å². The summed E-state index contributed by atoms with van der Waals surface area (Å²) >= 11 is 3.47. The predicted molar refractivity (Wildman–Crippen MR) is 114 cm³/mol. The highest BCUT2D eigenvalue weighted by Gasteiger charge is 2.59. The third-order valence-corrected chi connectivity index (χ3v) is 6.10. The molecule has 4 rings (SSSR count). The predicted octanol–water partition coefficient (Wildman–Crippen LogP) is 4.54. The third-order valence-electron chi connectivity index (χ3n) is 5.57. The number of nitrogens with zero attached hydrogens (tertiary/aromatic N) is 3. The SMILES string of the molecule is Cc1ncc(OC[C@@]2(c3ccc(Br)cc3)C[C@H]2C(=O)Cc2ccc(F)cn2)c(C)n1. The summed E-state index contributed by atoms with van der Waals surface area (Å²) in [5.41, 5.74) is 1.99. The van der Waals surface area contributed by atoms with Crippen molar-refractivity contribution in [3.8, 4) is 5.75 Å². The summed E-state index contributed by atoms with van der Waals surface area (Å²) in [6, 6.07) is 10.9. The zero-order valence-electron chi connectivity index (χ0n) is 16.7. The number of Topliss-reactive ketones (excluding diaryl/α,β-unsaturated/α-hetero) is 1. The first kappa shape index (κ1) is 20.6. The zero-order chi connectivity index (χ0) is 21.3. The fraction of sp³-hybridized carbons (Fsp3) is 0.304. The number of halogens is 2. The number of carbonyl (C=O) groups excluding carboxylic acids is 1. The lowest BCUT2D eigenvalue weighted by molar-refractivity contribution is -0.120. The Balaban J connectivity index is 1.55. The summed E-state index contributed by atoms with van der Waals surface area (Å²) in [6.07, 6.45) is 3.69. The number of hydrogen-bond acceptors (Lipinski definition) is 5. The maximum atomic E-state index is 13.1. The van der Waals surface area contributed by atoms with Gasteiger partial charge in [-0.2, -0.15) is 0 Å². The lowest BCUT2D eigenvalue weighted by atomic mass is 9.92. The average Bonchev–Trinajstić information content (AvgIpc) is 3.45. The molecule has 1 saturated carbocycles. The summed E-state index contributed by atoms with van der Waals surface area (Å²) in [5, 5.41) is 0. The van der Waals surface area contributed by atoms with Crippen molar-refractivity contribution in [2.45, 2.75) is 32.1 Å². The molecule has 0 spiro atoms. The quantitative estimate of drug-likeness (QED) is 0.508. The van der Waals surface area contributed by atoms with Crippen LogP contribution in [0.15, 0.2) is 53.3 Å². The van der Waals surface area contributed by atoms with E-state index in [4.69, 9.17) is 4.74 Å². The highest BCUT2D eigenvalue weighted by molar-refractivity contribution is 9.10. The molecular weight excluding hydrogens is 449 g/mol. The van der Waals surface area contributed by atoms with E-state index in [0.29, 0.717) is 30.3 Å². The van der Waals surface area contributed by atoms with Gasteiger partial charge in [0.15, 0.2) is 5.75 Å². The zero-order valence-corrected chi connectivity index (χ0v) is 18.3. The van der Waals surface area contributed by atoms with E-state index in [1.165, 1.54) is 6.07 Å². The van der Waals surface area contributed by atoms with Crippen LogP contribution in [0.2, 0.25) is 0 Å². The number of carbonyl (C=O) groups is 1. The summed E-state index contributed by atoms with van der Waals surface area (Å²) in [7, 11) is 0. The van der Waals surface area contributed by atoms with Crippen LogP contribution in [0.3, 0.4) is 0 Å². The summed E-state index contributed by atoms with van der Waals surface area (Å²) in [4.78, 5) is 25.6. The molecule has 0 N–H and O–H groups in total. The minimum Gasteiger partial charge on any atom is -0.489 e. The van der Waals surface area contributed by atoms with Crippen molar-refractivity contribution in [3.63, 3.8) is 0 Å². The number of ketones is 1. The van der Waals surface area contributed by atoms with Crippen molar-refractivity contribution in [3.05, 3.63) is 81.9 Å². The number of aromatic nitrogens is 3. The van der Waals surface area contributed by atoms with Gasteiger partial charge in [0.1, 0.15) is 17.4 Å². The van der Waals surface area contributed by atoms with Crippen molar-refractivity contribution in [2.75, 3.05) is 6.61 Å². The molecule has 30 heavy (non-hydrogen) atoms. The fourth-order valence-electron chi connectivity index (χ4n) is 3.80. The number of rotatable bonds is 7. The van der Waals surface area contributed by atoms with Crippen LogP contribution in [-0.4, -0.2) is 27.3 Å². The van der Waals surface area contributed by atoms with Crippen LogP contribution >= 0.6 is 15.9 Å². The van der Waals surface area contributed by atoms with E-state index in [1.54, 1.807) is 12.3 Å². The Morgan fingerprint density at radius 3 is 2.60 bits per heavy atom. The van der Waals surface area contributed by atoms with Crippen LogP contribution in [-0.2, 0) is 16.6 Å². The van der Waals surface area contributed by atoms with Crippen molar-refractivity contribution < 1.29 is 13.9 Å². The largest absolute Gasteiger partial charge is 0.489 e. The minimum absolute atomic E-state index is 0.0810. The number of ether oxygens (including phenoxy) is 1. The van der Waals surface area contributed by atoms with Crippen molar-refractivity contribution in [2.24, 2.45) is 5.92 Å². The standard InChI is InChI=1S/C23H21BrFN3O2/c1-14-22(12-26-15(2)28-14)30-13-23(16-3-5-17(24)6-4-16)10-20(23)21(29)9-19-8-7-18(25)11-27-19/h3-8,11-12,20H,9-10,13H2,1-2H3/t20-,23+/m0/s1. The Hall–Kier alpha value is -2.67. The Morgan fingerprint density at radius 1 is 1.17 bits per heavy atom. The number of hydrogen-bond donors (Lipinski definition) is 0. The van der Waals surface area contributed by atoms with E-state index < -0.39 is 11.2 Å². The van der Waals surface area contributed by atoms with Crippen LogP contribution in [0.5, 0.6) is 5.75 Å². The van der Waals surface area contributed by atoms with Crippen molar-refractivity contribution in [1.82, 2.24) is 15.0 Å². The maximum absolute atomic E-state index is 13.1. The maximum Gasteiger partial charge on any atom is 0.158 e. The highest BCUT2D eigenvalue weighted by atomic mass is 79.9. The van der Waals surface area contributed by atoms with Crippen molar-refractivity contribution >= 4 is 21.7 Å². The Bertz CT molecular complexity index is 1070. The number of pyridine rings is 1. The van der Waals surface area contributed by atoms with Crippen LogP contribution in [0.1, 0.15) is 29.2 Å². The van der Waals surface area contributed by atoms with Gasteiger partial charge in [-0.25, -0.2) is 14.4 Å². The molecule has 0 aliphatic heterocycles. The van der Waals surface area contributed by atoms with E-state index in [2.05, 4.69) is 30.9 Å². The van der Waals surface area contributed by atoms with Gasteiger partial charge in [-0.1, -0.05) is 28.1 Å². The average molecular weight is 470 g/mol. The van der Waals surface area contributed by atoms with Gasteiger partial charge >= 0.3 is 0 Å². The molecule has 5 nitrogen and oxygen atoms in total. The molecule has 154 valence electrons. The molecule has 2 atom stereocenters. The fourth-order valence-corrected chi connectivity index (χ4v) is 4.07. The third kappa shape index (κ3) is 4.26. The summed E-state index contributed by atoms with van der Waals surface area (Å²) in [5.74, 6) is 0.796. The van der Waals surface area contributed by atoms with Gasteiger partial charge in [-0.05, 0) is 50.1 Å². The van der Waals surface area contributed by atoms with Gasteiger partial charge in [0.05, 0.1) is 24.7 Å². The molecule has 1 aromatic carbocycles. The molecule has 1 fully saturated rings. The smallest absolute Gasteiger partial charge is 0.158 e. The molecule has 0 amide bonds. The van der Waals surface area contributed by atoms with Crippen LogP contribution < -0.4 is 4.74 Å². The van der Waals surface area contributed by atoms with Gasteiger partial charge < -0.3 is 4.74 Å². The van der Waals surface area contributed by atoms with Crippen LogP contribution in [0, 0.1) is 25.6 Å². The molecular formula is C23H21BrFN3O2. The van der Waals surface area contributed by atoms with E-state index in [-0.39, 0.29) is 18.1 Å².